The van der Waals surface area contributed by atoms with E-state index in [9.17, 15) is 9.90 Å². The van der Waals surface area contributed by atoms with E-state index in [4.69, 9.17) is 5.11 Å². The Bertz CT molecular complexity index is 611. The molecule has 3 nitrogen and oxygen atoms in total. The van der Waals surface area contributed by atoms with E-state index >= 15 is 0 Å². The van der Waals surface area contributed by atoms with Crippen LogP contribution in [0.4, 0.5) is 0 Å². The molecule has 3 aliphatic carbocycles. The summed E-state index contributed by atoms with van der Waals surface area (Å²) < 4.78 is 0. The lowest BCUT2D eigenvalue weighted by atomic mass is 9.55. The molecule has 3 heteroatoms. The summed E-state index contributed by atoms with van der Waals surface area (Å²) in [6.07, 6.45) is 16.4. The Balaban J connectivity index is 1.61. The SMILES string of the molecule is C[C@H](CCC[C@H](C)C(=O)O)[C@H]1CCC[C@@H]2CC=C3C[C@@H](O)CC[C@]3(C)[C@H]2CC[C@@H]1C. The molecule has 2 saturated carbocycles. The van der Waals surface area contributed by atoms with E-state index in [0.717, 1.165) is 55.8 Å². The molecule has 0 aromatic heterocycles. The van der Waals surface area contributed by atoms with Gasteiger partial charge < -0.3 is 10.2 Å². The van der Waals surface area contributed by atoms with Crippen LogP contribution in [0.2, 0.25) is 0 Å². The fourth-order valence-corrected chi connectivity index (χ4v) is 7.29. The van der Waals surface area contributed by atoms with Gasteiger partial charge in [-0.25, -0.2) is 0 Å². The van der Waals surface area contributed by atoms with Crippen molar-refractivity contribution in [3.05, 3.63) is 11.6 Å². The minimum absolute atomic E-state index is 0.120. The van der Waals surface area contributed by atoms with E-state index in [2.05, 4.69) is 26.8 Å². The summed E-state index contributed by atoms with van der Waals surface area (Å²) in [6, 6.07) is 0. The molecule has 172 valence electrons. The highest BCUT2D eigenvalue weighted by Gasteiger charge is 2.46. The monoisotopic (exact) mass is 418 g/mol. The molecular weight excluding hydrogens is 372 g/mol. The van der Waals surface area contributed by atoms with Crippen LogP contribution in [0.15, 0.2) is 11.6 Å². The Morgan fingerprint density at radius 3 is 2.67 bits per heavy atom. The lowest BCUT2D eigenvalue weighted by Gasteiger charge is -2.50. The van der Waals surface area contributed by atoms with Crippen LogP contribution in [-0.4, -0.2) is 22.3 Å². The first-order valence-electron chi connectivity index (χ1n) is 12.8. The number of aliphatic hydroxyl groups excluding tert-OH is 1. The zero-order valence-electron chi connectivity index (χ0n) is 19.9. The molecule has 30 heavy (non-hydrogen) atoms. The number of carbonyl (C=O) groups is 1. The van der Waals surface area contributed by atoms with Gasteiger partial charge in [0.2, 0.25) is 0 Å². The second kappa shape index (κ2) is 10.2. The molecule has 3 aliphatic rings. The molecule has 0 radical (unpaired) electrons. The third kappa shape index (κ3) is 5.31. The van der Waals surface area contributed by atoms with Crippen molar-refractivity contribution in [3.8, 4) is 0 Å². The predicted octanol–water partition coefficient (Wildman–Crippen LogP) is 6.84. The highest BCUT2D eigenvalue weighted by Crippen LogP contribution is 2.56. The minimum atomic E-state index is -0.655. The maximum Gasteiger partial charge on any atom is 0.306 e. The number of fused-ring (bicyclic) bond motifs is 3. The smallest absolute Gasteiger partial charge is 0.306 e. The van der Waals surface area contributed by atoms with Gasteiger partial charge in [-0.1, -0.05) is 65.0 Å². The van der Waals surface area contributed by atoms with Crippen LogP contribution in [-0.2, 0) is 4.79 Å². The molecule has 0 unspecified atom stereocenters. The summed E-state index contributed by atoms with van der Waals surface area (Å²) in [6.45, 7) is 9.24. The average molecular weight is 419 g/mol. The maximum absolute atomic E-state index is 11.1. The molecule has 0 aromatic carbocycles. The quantitative estimate of drug-likeness (QED) is 0.464. The Labute approximate surface area is 184 Å². The van der Waals surface area contributed by atoms with Crippen LogP contribution in [0.3, 0.4) is 0 Å². The summed E-state index contributed by atoms with van der Waals surface area (Å²) >= 11 is 0. The van der Waals surface area contributed by atoms with E-state index < -0.39 is 5.97 Å². The van der Waals surface area contributed by atoms with Gasteiger partial charge in [0, 0.05) is 0 Å². The van der Waals surface area contributed by atoms with Crippen molar-refractivity contribution in [2.75, 3.05) is 0 Å². The van der Waals surface area contributed by atoms with Crippen molar-refractivity contribution in [2.45, 2.75) is 111 Å². The Hall–Kier alpha value is -0.830. The lowest BCUT2D eigenvalue weighted by Crippen LogP contribution is -2.42. The predicted molar refractivity (Wildman–Crippen MR) is 123 cm³/mol. The molecule has 0 aromatic rings. The summed E-state index contributed by atoms with van der Waals surface area (Å²) in [4.78, 5) is 11.1. The van der Waals surface area contributed by atoms with Crippen molar-refractivity contribution in [1.82, 2.24) is 0 Å². The van der Waals surface area contributed by atoms with Gasteiger partial charge in [0.1, 0.15) is 0 Å². The number of carboxylic acids is 1. The summed E-state index contributed by atoms with van der Waals surface area (Å²) in [5.74, 6) is 2.97. The number of aliphatic hydroxyl groups is 1. The Kier molecular flexibility index (Phi) is 8.09. The molecular formula is C27H46O3. The highest BCUT2D eigenvalue weighted by atomic mass is 16.4. The first-order valence-corrected chi connectivity index (χ1v) is 12.8. The fraction of sp³-hybridized carbons (Fsp3) is 0.889. The van der Waals surface area contributed by atoms with Crippen molar-refractivity contribution in [3.63, 3.8) is 0 Å². The Morgan fingerprint density at radius 2 is 1.93 bits per heavy atom. The van der Waals surface area contributed by atoms with Gasteiger partial charge in [-0.15, -0.1) is 0 Å². The van der Waals surface area contributed by atoms with E-state index in [-0.39, 0.29) is 12.0 Å². The van der Waals surface area contributed by atoms with Crippen LogP contribution in [0.25, 0.3) is 0 Å². The third-order valence-electron chi connectivity index (χ3n) is 9.47. The standard InChI is InChI=1S/C27H46O3/c1-18(7-5-8-20(3)26(29)30)24-10-6-9-21-12-13-22-17-23(28)15-16-27(22,4)25(21)14-11-19(24)2/h13,18-21,23-25,28H,5-12,14-17H2,1-4H3,(H,29,30)/t18-,19+,20+,21-,23+,24-,25+,27+/m1/s1. The molecule has 8 atom stereocenters. The van der Waals surface area contributed by atoms with Crippen molar-refractivity contribution < 1.29 is 15.0 Å². The van der Waals surface area contributed by atoms with Crippen LogP contribution in [0.5, 0.6) is 0 Å². The van der Waals surface area contributed by atoms with Gasteiger partial charge in [-0.05, 0) is 86.4 Å². The normalized spacial score (nSPS) is 39.4. The lowest BCUT2D eigenvalue weighted by molar-refractivity contribution is -0.141. The first kappa shape index (κ1) is 23.8. The highest BCUT2D eigenvalue weighted by molar-refractivity contribution is 5.69. The molecule has 0 amide bonds. The molecule has 0 bridgehead atoms. The van der Waals surface area contributed by atoms with Gasteiger partial charge in [-0.2, -0.15) is 0 Å². The van der Waals surface area contributed by atoms with Crippen LogP contribution >= 0.6 is 0 Å². The molecule has 0 heterocycles. The maximum atomic E-state index is 11.1. The second-order valence-corrected chi connectivity index (χ2v) is 11.4. The molecule has 2 N–H and O–H groups in total. The van der Waals surface area contributed by atoms with Gasteiger partial charge >= 0.3 is 5.97 Å². The van der Waals surface area contributed by atoms with Gasteiger partial charge in [0.05, 0.1) is 12.0 Å². The van der Waals surface area contributed by atoms with Crippen molar-refractivity contribution in [1.29, 1.82) is 0 Å². The number of carboxylic acid groups (broad SMARTS) is 1. The summed E-state index contributed by atoms with van der Waals surface area (Å²) in [5.41, 5.74) is 1.88. The molecule has 3 rings (SSSR count). The average Bonchev–Trinajstić information content (AvgIpc) is 2.77. The van der Waals surface area contributed by atoms with Crippen LogP contribution < -0.4 is 0 Å². The van der Waals surface area contributed by atoms with E-state index in [1.54, 1.807) is 5.57 Å². The van der Waals surface area contributed by atoms with Crippen molar-refractivity contribution >= 4 is 5.97 Å². The number of allylic oxidation sites excluding steroid dienone is 1. The number of aliphatic carboxylic acids is 1. The molecule has 0 saturated heterocycles. The molecule has 2 fully saturated rings. The minimum Gasteiger partial charge on any atom is -0.481 e. The summed E-state index contributed by atoms with van der Waals surface area (Å²) in [5, 5.41) is 19.3. The van der Waals surface area contributed by atoms with Gasteiger partial charge in [-0.3, -0.25) is 4.79 Å². The van der Waals surface area contributed by atoms with Crippen LogP contribution in [0, 0.1) is 40.9 Å². The molecule has 0 spiro atoms. The topological polar surface area (TPSA) is 57.5 Å². The molecule has 0 aliphatic heterocycles. The zero-order valence-corrected chi connectivity index (χ0v) is 19.9. The number of rotatable bonds is 6. The first-order chi connectivity index (χ1) is 14.2. The summed E-state index contributed by atoms with van der Waals surface area (Å²) in [7, 11) is 0. The number of hydrogen-bond acceptors (Lipinski definition) is 2. The van der Waals surface area contributed by atoms with Crippen LogP contribution in [0.1, 0.15) is 105 Å². The van der Waals surface area contributed by atoms with E-state index in [1.165, 1.54) is 44.9 Å². The van der Waals surface area contributed by atoms with Gasteiger partial charge in [0.15, 0.2) is 0 Å². The Morgan fingerprint density at radius 1 is 1.17 bits per heavy atom. The largest absolute Gasteiger partial charge is 0.481 e. The zero-order chi connectivity index (χ0) is 21.9. The number of hydrogen-bond donors (Lipinski definition) is 2. The van der Waals surface area contributed by atoms with E-state index in [1.807, 2.05) is 6.92 Å². The van der Waals surface area contributed by atoms with E-state index in [0.29, 0.717) is 11.3 Å². The fourth-order valence-electron chi connectivity index (χ4n) is 7.29. The van der Waals surface area contributed by atoms with Crippen molar-refractivity contribution in [2.24, 2.45) is 40.9 Å². The second-order valence-electron chi connectivity index (χ2n) is 11.4. The van der Waals surface area contributed by atoms with Gasteiger partial charge in [0.25, 0.3) is 0 Å². The third-order valence-corrected chi connectivity index (χ3v) is 9.47.